The van der Waals surface area contributed by atoms with Crippen LogP contribution in [0, 0.1) is 0 Å². The Hall–Kier alpha value is -3.00. The average molecular weight is 412 g/mol. The Morgan fingerprint density at radius 3 is 2.61 bits per heavy atom. The maximum Gasteiger partial charge on any atom is 0.417 e. The maximum absolute atomic E-state index is 13.0. The van der Waals surface area contributed by atoms with Gasteiger partial charge in [-0.05, 0) is 37.3 Å². The predicted molar refractivity (Wildman–Crippen MR) is 98.1 cm³/mol. The van der Waals surface area contributed by atoms with E-state index in [9.17, 15) is 22.8 Å². The van der Waals surface area contributed by atoms with Gasteiger partial charge in [-0.3, -0.25) is 4.79 Å². The zero-order chi connectivity index (χ0) is 20.5. The van der Waals surface area contributed by atoms with Crippen LogP contribution in [-0.2, 0) is 6.18 Å². The predicted octanol–water partition coefficient (Wildman–Crippen LogP) is 5.12. The van der Waals surface area contributed by atoms with E-state index >= 15 is 0 Å². The van der Waals surface area contributed by atoms with Crippen molar-refractivity contribution in [3.63, 3.8) is 0 Å². The SMILES string of the molecule is CCOc1ccc2c(C(=O)Nc3ccc(Cl)c(C(F)(F)F)c3)cc(=O)oc2c1. The van der Waals surface area contributed by atoms with Crippen LogP contribution in [0.25, 0.3) is 11.0 Å². The molecule has 5 nitrogen and oxygen atoms in total. The molecular formula is C19H13ClF3NO4. The van der Waals surface area contributed by atoms with Gasteiger partial charge in [0, 0.05) is 23.2 Å². The number of halogens is 4. The van der Waals surface area contributed by atoms with Crippen molar-refractivity contribution in [2.75, 3.05) is 11.9 Å². The molecule has 28 heavy (non-hydrogen) atoms. The molecule has 0 atom stereocenters. The number of ether oxygens (including phenoxy) is 1. The van der Waals surface area contributed by atoms with Gasteiger partial charge in [0.15, 0.2) is 0 Å². The fourth-order valence-electron chi connectivity index (χ4n) is 2.61. The van der Waals surface area contributed by atoms with Gasteiger partial charge in [0.2, 0.25) is 0 Å². The van der Waals surface area contributed by atoms with Gasteiger partial charge < -0.3 is 14.5 Å². The minimum atomic E-state index is -4.67. The number of anilines is 1. The number of hydrogen-bond acceptors (Lipinski definition) is 4. The third kappa shape index (κ3) is 4.12. The lowest BCUT2D eigenvalue weighted by molar-refractivity contribution is -0.137. The Bertz CT molecular complexity index is 1110. The molecule has 0 fully saturated rings. The van der Waals surface area contributed by atoms with E-state index < -0.39 is 28.3 Å². The number of carbonyl (C=O) groups excluding carboxylic acids is 1. The fraction of sp³-hybridized carbons (Fsp3) is 0.158. The molecule has 0 unspecified atom stereocenters. The summed E-state index contributed by atoms with van der Waals surface area (Å²) in [6.07, 6.45) is -4.67. The number of hydrogen-bond donors (Lipinski definition) is 1. The van der Waals surface area contributed by atoms with Crippen LogP contribution in [0.5, 0.6) is 5.75 Å². The van der Waals surface area contributed by atoms with Gasteiger partial charge in [0.05, 0.1) is 22.8 Å². The first-order chi connectivity index (χ1) is 13.2. The molecule has 0 aliphatic rings. The van der Waals surface area contributed by atoms with Crippen molar-refractivity contribution < 1.29 is 27.1 Å². The van der Waals surface area contributed by atoms with E-state index in [-0.39, 0.29) is 16.8 Å². The Morgan fingerprint density at radius 2 is 1.93 bits per heavy atom. The van der Waals surface area contributed by atoms with Crippen molar-refractivity contribution in [3.8, 4) is 5.75 Å². The summed E-state index contributed by atoms with van der Waals surface area (Å²) in [5.74, 6) is -0.319. The summed E-state index contributed by atoms with van der Waals surface area (Å²) in [5.41, 5.74) is -1.90. The molecule has 0 saturated carbocycles. The highest BCUT2D eigenvalue weighted by Crippen LogP contribution is 2.36. The topological polar surface area (TPSA) is 68.5 Å². The van der Waals surface area contributed by atoms with Crippen LogP contribution < -0.4 is 15.7 Å². The Balaban J connectivity index is 1.99. The molecule has 0 bridgehead atoms. The highest BCUT2D eigenvalue weighted by Gasteiger charge is 2.33. The number of fused-ring (bicyclic) bond motifs is 1. The van der Waals surface area contributed by atoms with Crippen LogP contribution in [0.4, 0.5) is 18.9 Å². The fourth-order valence-corrected chi connectivity index (χ4v) is 2.83. The molecule has 0 radical (unpaired) electrons. The summed E-state index contributed by atoms with van der Waals surface area (Å²) >= 11 is 5.58. The summed E-state index contributed by atoms with van der Waals surface area (Å²) in [6, 6.07) is 8.54. The number of nitrogens with one attached hydrogen (secondary N) is 1. The smallest absolute Gasteiger partial charge is 0.417 e. The summed E-state index contributed by atoms with van der Waals surface area (Å²) in [6.45, 7) is 2.18. The second-order valence-electron chi connectivity index (χ2n) is 5.72. The normalized spacial score (nSPS) is 11.5. The molecule has 146 valence electrons. The second-order valence-corrected chi connectivity index (χ2v) is 6.12. The lowest BCUT2D eigenvalue weighted by Crippen LogP contribution is -2.16. The van der Waals surface area contributed by atoms with E-state index in [0.717, 1.165) is 18.2 Å². The van der Waals surface area contributed by atoms with Gasteiger partial charge in [-0.1, -0.05) is 11.6 Å². The van der Waals surface area contributed by atoms with E-state index in [2.05, 4.69) is 5.32 Å². The van der Waals surface area contributed by atoms with E-state index in [0.29, 0.717) is 17.7 Å². The van der Waals surface area contributed by atoms with Crippen molar-refractivity contribution in [1.29, 1.82) is 0 Å². The van der Waals surface area contributed by atoms with Crippen molar-refractivity contribution in [2.45, 2.75) is 13.1 Å². The van der Waals surface area contributed by atoms with Crippen molar-refractivity contribution in [1.82, 2.24) is 0 Å². The third-order valence-electron chi connectivity index (χ3n) is 3.80. The van der Waals surface area contributed by atoms with Crippen molar-refractivity contribution >= 4 is 34.2 Å². The van der Waals surface area contributed by atoms with Crippen molar-refractivity contribution in [3.05, 3.63) is 69.0 Å². The van der Waals surface area contributed by atoms with E-state index in [1.54, 1.807) is 13.0 Å². The van der Waals surface area contributed by atoms with Gasteiger partial charge in [0.1, 0.15) is 11.3 Å². The van der Waals surface area contributed by atoms with Crippen molar-refractivity contribution in [2.24, 2.45) is 0 Å². The van der Waals surface area contributed by atoms with Crippen LogP contribution in [0.1, 0.15) is 22.8 Å². The zero-order valence-electron chi connectivity index (χ0n) is 14.4. The minimum Gasteiger partial charge on any atom is -0.494 e. The van der Waals surface area contributed by atoms with Crippen LogP contribution in [0.15, 0.2) is 51.7 Å². The zero-order valence-corrected chi connectivity index (χ0v) is 15.1. The quantitative estimate of drug-likeness (QED) is 0.605. The van der Waals surface area contributed by atoms with Gasteiger partial charge >= 0.3 is 11.8 Å². The molecule has 0 saturated heterocycles. The third-order valence-corrected chi connectivity index (χ3v) is 4.13. The second kappa shape index (κ2) is 7.55. The maximum atomic E-state index is 13.0. The van der Waals surface area contributed by atoms with Gasteiger partial charge in [-0.15, -0.1) is 0 Å². The number of amides is 1. The first kappa shape index (κ1) is 19.8. The molecule has 3 rings (SSSR count). The van der Waals surface area contributed by atoms with Gasteiger partial charge in [-0.2, -0.15) is 13.2 Å². The molecule has 0 aliphatic heterocycles. The number of rotatable bonds is 4. The van der Waals surface area contributed by atoms with E-state index in [4.69, 9.17) is 20.8 Å². The van der Waals surface area contributed by atoms with Crippen LogP contribution in [-0.4, -0.2) is 12.5 Å². The van der Waals surface area contributed by atoms with Gasteiger partial charge in [-0.25, -0.2) is 4.79 Å². The Morgan fingerprint density at radius 1 is 1.18 bits per heavy atom. The van der Waals surface area contributed by atoms with Crippen LogP contribution >= 0.6 is 11.6 Å². The molecular weight excluding hydrogens is 399 g/mol. The molecule has 9 heteroatoms. The molecule has 2 aromatic carbocycles. The average Bonchev–Trinajstić information content (AvgIpc) is 2.61. The van der Waals surface area contributed by atoms with Gasteiger partial charge in [0.25, 0.3) is 5.91 Å². The molecule has 0 spiro atoms. The van der Waals surface area contributed by atoms with Crippen LogP contribution in [0.3, 0.4) is 0 Å². The number of benzene rings is 2. The minimum absolute atomic E-state index is 0.0437. The Kier molecular flexibility index (Phi) is 5.33. The first-order valence-electron chi connectivity index (χ1n) is 8.08. The number of alkyl halides is 3. The molecule has 1 heterocycles. The van der Waals surface area contributed by atoms with E-state index in [1.807, 2.05) is 0 Å². The van der Waals surface area contributed by atoms with Crippen LogP contribution in [0.2, 0.25) is 5.02 Å². The van der Waals surface area contributed by atoms with E-state index in [1.165, 1.54) is 18.2 Å². The lowest BCUT2D eigenvalue weighted by Gasteiger charge is -2.12. The molecule has 1 aromatic heterocycles. The number of carbonyl (C=O) groups is 1. The Labute approximate surface area is 161 Å². The monoisotopic (exact) mass is 411 g/mol. The molecule has 0 aliphatic carbocycles. The standard InChI is InChI=1S/C19H13ClF3NO4/c1-2-27-11-4-5-12-13(9-17(25)28-16(12)8-11)18(26)24-10-3-6-15(20)14(7-10)19(21,22)23/h3-9H,2H2,1H3,(H,24,26). The summed E-state index contributed by atoms with van der Waals surface area (Å²) in [4.78, 5) is 24.4. The highest BCUT2D eigenvalue weighted by atomic mass is 35.5. The first-order valence-corrected chi connectivity index (χ1v) is 8.45. The summed E-state index contributed by atoms with van der Waals surface area (Å²) in [5, 5.41) is 2.17. The highest BCUT2D eigenvalue weighted by molar-refractivity contribution is 6.31. The molecule has 1 amide bonds. The largest absolute Gasteiger partial charge is 0.494 e. The molecule has 3 aromatic rings. The lowest BCUT2D eigenvalue weighted by atomic mass is 10.1. The molecule has 1 N–H and O–H groups in total. The summed E-state index contributed by atoms with van der Waals surface area (Å²) in [7, 11) is 0. The summed E-state index contributed by atoms with van der Waals surface area (Å²) < 4.78 is 49.4.